The van der Waals surface area contributed by atoms with E-state index in [1.54, 1.807) is 0 Å². The molecule has 1 aromatic rings. The maximum atomic E-state index is 11.8. The Morgan fingerprint density at radius 1 is 1.41 bits per heavy atom. The molecule has 0 aromatic carbocycles. The van der Waals surface area contributed by atoms with Gasteiger partial charge in [0.15, 0.2) is 0 Å². The molecule has 0 spiro atoms. The number of aromatic nitrogens is 1. The third kappa shape index (κ3) is 2.33. The molecular formula is C14H19NO2. The zero-order chi connectivity index (χ0) is 12.4. The van der Waals surface area contributed by atoms with Gasteiger partial charge in [-0.25, -0.2) is 0 Å². The van der Waals surface area contributed by atoms with Crippen molar-refractivity contribution in [1.29, 1.82) is 0 Å². The van der Waals surface area contributed by atoms with E-state index >= 15 is 0 Å². The summed E-state index contributed by atoms with van der Waals surface area (Å²) >= 11 is 0. The van der Waals surface area contributed by atoms with Gasteiger partial charge in [-0.15, -0.1) is 0 Å². The van der Waals surface area contributed by atoms with Crippen LogP contribution in [-0.2, 0) is 4.79 Å². The molecule has 0 saturated carbocycles. The van der Waals surface area contributed by atoms with Gasteiger partial charge >= 0.3 is 0 Å². The summed E-state index contributed by atoms with van der Waals surface area (Å²) in [5.74, 6) is 1.33. The first-order valence-corrected chi connectivity index (χ1v) is 6.30. The van der Waals surface area contributed by atoms with Crippen molar-refractivity contribution in [1.82, 2.24) is 5.16 Å². The first kappa shape index (κ1) is 12.1. The summed E-state index contributed by atoms with van der Waals surface area (Å²) in [6.07, 6.45) is 5.60. The molecule has 17 heavy (non-hydrogen) atoms. The van der Waals surface area contributed by atoms with Crippen LogP contribution in [0.15, 0.2) is 10.6 Å². The summed E-state index contributed by atoms with van der Waals surface area (Å²) in [5, 5.41) is 3.98. The number of aryl methyl sites for hydroxylation is 2. The lowest BCUT2D eigenvalue weighted by molar-refractivity contribution is -0.121. The number of carbonyl (C=O) groups excluding carboxylic acids is 1. The number of ketones is 1. The van der Waals surface area contributed by atoms with E-state index in [-0.39, 0.29) is 5.92 Å². The minimum Gasteiger partial charge on any atom is -0.361 e. The quantitative estimate of drug-likeness (QED) is 0.803. The van der Waals surface area contributed by atoms with Crippen LogP contribution in [0.4, 0.5) is 0 Å². The van der Waals surface area contributed by atoms with Crippen LogP contribution >= 0.6 is 0 Å². The molecule has 3 nitrogen and oxygen atoms in total. The molecule has 0 N–H and O–H groups in total. The molecule has 0 bridgehead atoms. The number of hydrogen-bond donors (Lipinski definition) is 0. The van der Waals surface area contributed by atoms with Crippen LogP contribution in [0.5, 0.6) is 0 Å². The average Bonchev–Trinajstić information content (AvgIpc) is 2.63. The smallest absolute Gasteiger partial charge is 0.141 e. The van der Waals surface area contributed by atoms with Gasteiger partial charge < -0.3 is 4.52 Å². The van der Waals surface area contributed by atoms with Crippen LogP contribution in [0, 0.1) is 19.8 Å². The van der Waals surface area contributed by atoms with E-state index in [4.69, 9.17) is 4.52 Å². The third-order valence-electron chi connectivity index (χ3n) is 3.41. The Labute approximate surface area is 102 Å². The predicted molar refractivity (Wildman–Crippen MR) is 66.6 cm³/mol. The Bertz CT molecular complexity index is 437. The van der Waals surface area contributed by atoms with Crippen molar-refractivity contribution in [3.8, 4) is 0 Å². The third-order valence-corrected chi connectivity index (χ3v) is 3.41. The van der Waals surface area contributed by atoms with Crippen molar-refractivity contribution in [2.75, 3.05) is 0 Å². The van der Waals surface area contributed by atoms with Gasteiger partial charge in [0.05, 0.1) is 5.69 Å². The van der Waals surface area contributed by atoms with Gasteiger partial charge in [0.2, 0.25) is 0 Å². The van der Waals surface area contributed by atoms with Gasteiger partial charge in [-0.05, 0) is 32.3 Å². The van der Waals surface area contributed by atoms with E-state index in [1.807, 2.05) is 13.8 Å². The fraction of sp³-hybridized carbons (Fsp3) is 0.571. The van der Waals surface area contributed by atoms with Gasteiger partial charge in [-0.1, -0.05) is 24.6 Å². The van der Waals surface area contributed by atoms with Crippen LogP contribution in [0.3, 0.4) is 0 Å². The molecule has 3 heteroatoms. The highest BCUT2D eigenvalue weighted by Gasteiger charge is 2.24. The van der Waals surface area contributed by atoms with E-state index in [2.05, 4.69) is 18.2 Å². The van der Waals surface area contributed by atoms with Crippen molar-refractivity contribution < 1.29 is 9.32 Å². The van der Waals surface area contributed by atoms with Crippen molar-refractivity contribution in [3.63, 3.8) is 0 Å². The number of allylic oxidation sites excluding steroid dienone is 2. The van der Waals surface area contributed by atoms with E-state index in [0.717, 1.165) is 36.3 Å². The minimum atomic E-state index is 0.0949. The Morgan fingerprint density at radius 3 is 2.76 bits per heavy atom. The highest BCUT2D eigenvalue weighted by Crippen LogP contribution is 2.33. The van der Waals surface area contributed by atoms with Crippen molar-refractivity contribution in [2.45, 2.75) is 46.5 Å². The summed E-state index contributed by atoms with van der Waals surface area (Å²) in [4.78, 5) is 11.8. The molecular weight excluding hydrogens is 214 g/mol. The predicted octanol–water partition coefficient (Wildman–Crippen LogP) is 3.45. The molecule has 1 heterocycles. The largest absolute Gasteiger partial charge is 0.361 e. The number of carbonyl (C=O) groups is 1. The molecule has 2 rings (SSSR count). The molecule has 0 fully saturated rings. The van der Waals surface area contributed by atoms with Crippen molar-refractivity contribution >= 4 is 11.4 Å². The summed E-state index contributed by atoms with van der Waals surface area (Å²) < 4.78 is 5.19. The summed E-state index contributed by atoms with van der Waals surface area (Å²) in [7, 11) is 0. The normalized spacial score (nSPS) is 20.5. The summed E-state index contributed by atoms with van der Waals surface area (Å²) in [6.45, 7) is 6.00. The van der Waals surface area contributed by atoms with E-state index < -0.39 is 0 Å². The molecule has 0 aliphatic heterocycles. The Kier molecular flexibility index (Phi) is 3.46. The molecule has 1 aliphatic carbocycles. The van der Waals surface area contributed by atoms with Crippen LogP contribution < -0.4 is 0 Å². The number of Topliss-reactive ketones (excluding diaryl/α,β-unsaturated/α-hetero) is 1. The first-order valence-electron chi connectivity index (χ1n) is 6.30. The molecule has 92 valence electrons. The zero-order valence-electron chi connectivity index (χ0n) is 10.7. The topological polar surface area (TPSA) is 43.1 Å². The average molecular weight is 233 g/mol. The highest BCUT2D eigenvalue weighted by atomic mass is 16.5. The maximum Gasteiger partial charge on any atom is 0.141 e. The monoisotopic (exact) mass is 233 g/mol. The number of nitrogens with zero attached hydrogens (tertiary/aromatic N) is 1. The van der Waals surface area contributed by atoms with E-state index in [0.29, 0.717) is 12.2 Å². The summed E-state index contributed by atoms with van der Waals surface area (Å²) in [5.41, 5.74) is 3.27. The molecule has 0 amide bonds. The molecule has 1 atom stereocenters. The number of rotatable bonds is 3. The lowest BCUT2D eigenvalue weighted by atomic mass is 9.83. The lowest BCUT2D eigenvalue weighted by Crippen LogP contribution is -2.17. The molecule has 1 aromatic heterocycles. The van der Waals surface area contributed by atoms with Gasteiger partial charge in [0, 0.05) is 17.9 Å². The zero-order valence-corrected chi connectivity index (χ0v) is 10.7. The summed E-state index contributed by atoms with van der Waals surface area (Å²) in [6, 6.07) is 0. The van der Waals surface area contributed by atoms with Crippen molar-refractivity contribution in [2.24, 2.45) is 5.92 Å². The molecule has 1 aliphatic rings. The molecule has 0 radical (unpaired) electrons. The lowest BCUT2D eigenvalue weighted by Gasteiger charge is -2.19. The second kappa shape index (κ2) is 4.86. The highest BCUT2D eigenvalue weighted by molar-refractivity contribution is 5.89. The van der Waals surface area contributed by atoms with Gasteiger partial charge in [-0.3, -0.25) is 4.79 Å². The van der Waals surface area contributed by atoms with Crippen LogP contribution in [0.2, 0.25) is 0 Å². The molecule has 1 unspecified atom stereocenters. The standard InChI is InChI=1S/C14H19NO2/c1-4-5-11-8-12(6-7-13(11)16)14-9(2)15-17-10(14)3/h8,11H,4-7H2,1-3H3. The fourth-order valence-electron chi connectivity index (χ4n) is 2.57. The Morgan fingerprint density at radius 2 is 2.18 bits per heavy atom. The molecule has 0 saturated heterocycles. The minimum absolute atomic E-state index is 0.0949. The van der Waals surface area contributed by atoms with E-state index in [9.17, 15) is 4.79 Å². The van der Waals surface area contributed by atoms with Crippen LogP contribution in [0.25, 0.3) is 5.57 Å². The Balaban J connectivity index is 2.33. The van der Waals surface area contributed by atoms with Gasteiger partial charge in [0.1, 0.15) is 11.5 Å². The second-order valence-electron chi connectivity index (χ2n) is 4.75. The van der Waals surface area contributed by atoms with Crippen molar-refractivity contribution in [3.05, 3.63) is 23.1 Å². The SMILES string of the molecule is CCCC1C=C(c2c(C)noc2C)CCC1=O. The van der Waals surface area contributed by atoms with Crippen LogP contribution in [-0.4, -0.2) is 10.9 Å². The first-order chi connectivity index (χ1) is 8.13. The second-order valence-corrected chi connectivity index (χ2v) is 4.75. The Hall–Kier alpha value is -1.38. The van der Waals surface area contributed by atoms with Gasteiger partial charge in [-0.2, -0.15) is 0 Å². The van der Waals surface area contributed by atoms with E-state index in [1.165, 1.54) is 5.57 Å². The maximum absolute atomic E-state index is 11.8. The number of hydrogen-bond acceptors (Lipinski definition) is 3. The fourth-order valence-corrected chi connectivity index (χ4v) is 2.57. The van der Waals surface area contributed by atoms with Crippen LogP contribution in [0.1, 0.15) is 49.6 Å². The van der Waals surface area contributed by atoms with Gasteiger partial charge in [0.25, 0.3) is 0 Å².